The van der Waals surface area contributed by atoms with E-state index in [1.54, 1.807) is 18.2 Å². The van der Waals surface area contributed by atoms with Crippen LogP contribution in [0.3, 0.4) is 0 Å². The number of nitriles is 1. The highest BCUT2D eigenvalue weighted by molar-refractivity contribution is 6.42. The minimum atomic E-state index is -0.706. The number of hydrogen-bond acceptors (Lipinski definition) is 2. The summed E-state index contributed by atoms with van der Waals surface area (Å²) in [5, 5.41) is 9.85. The van der Waals surface area contributed by atoms with Gasteiger partial charge >= 0.3 is 0 Å². The normalized spacial score (nSPS) is 16.6. The van der Waals surface area contributed by atoms with Gasteiger partial charge in [0.15, 0.2) is 5.78 Å². The topological polar surface area (TPSA) is 40.9 Å². The van der Waals surface area contributed by atoms with Crippen LogP contribution in [0.4, 0.5) is 0 Å². The van der Waals surface area contributed by atoms with Crippen molar-refractivity contribution in [2.45, 2.75) is 18.8 Å². The Morgan fingerprint density at radius 3 is 2.56 bits per heavy atom. The first kappa shape index (κ1) is 11.4. The number of nitrogens with zero attached hydrogens (tertiary/aromatic N) is 1. The van der Waals surface area contributed by atoms with Crippen molar-refractivity contribution < 1.29 is 4.79 Å². The number of halogens is 2. The van der Waals surface area contributed by atoms with Crippen LogP contribution in [0.25, 0.3) is 0 Å². The van der Waals surface area contributed by atoms with Gasteiger partial charge in [0, 0.05) is 5.92 Å². The smallest absolute Gasteiger partial charge is 0.157 e. The van der Waals surface area contributed by atoms with E-state index in [0.29, 0.717) is 15.6 Å². The third-order valence-corrected chi connectivity index (χ3v) is 3.41. The lowest BCUT2D eigenvalue weighted by Crippen LogP contribution is -2.12. The Labute approximate surface area is 104 Å². The minimum Gasteiger partial charge on any atom is -0.298 e. The molecule has 1 unspecified atom stereocenters. The predicted octanol–water partition coefficient (Wildman–Crippen LogP) is 3.58. The zero-order valence-corrected chi connectivity index (χ0v) is 9.92. The molecule has 0 radical (unpaired) electrons. The number of rotatable bonds is 3. The SMILES string of the molecule is N#CC(C(=O)C1CC1)c1ccc(Cl)c(Cl)c1. The molecule has 0 spiro atoms. The molecular formula is C12H9Cl2NO. The van der Waals surface area contributed by atoms with E-state index in [1.165, 1.54) is 0 Å². The van der Waals surface area contributed by atoms with Crippen LogP contribution in [0.1, 0.15) is 24.3 Å². The average molecular weight is 254 g/mol. The van der Waals surface area contributed by atoms with Crippen molar-refractivity contribution in [3.63, 3.8) is 0 Å². The second-order valence-electron chi connectivity index (χ2n) is 3.91. The molecule has 0 heterocycles. The van der Waals surface area contributed by atoms with Crippen LogP contribution in [0.5, 0.6) is 0 Å². The van der Waals surface area contributed by atoms with E-state index < -0.39 is 5.92 Å². The van der Waals surface area contributed by atoms with Crippen LogP contribution < -0.4 is 0 Å². The number of ketones is 1. The molecule has 0 aromatic heterocycles. The molecule has 0 N–H and O–H groups in total. The monoisotopic (exact) mass is 253 g/mol. The molecule has 1 aliphatic carbocycles. The van der Waals surface area contributed by atoms with Crippen molar-refractivity contribution in [1.29, 1.82) is 5.26 Å². The summed E-state index contributed by atoms with van der Waals surface area (Å²) in [4.78, 5) is 11.8. The van der Waals surface area contributed by atoms with Gasteiger partial charge in [-0.3, -0.25) is 4.79 Å². The summed E-state index contributed by atoms with van der Waals surface area (Å²) < 4.78 is 0. The Morgan fingerprint density at radius 1 is 1.38 bits per heavy atom. The number of hydrogen-bond donors (Lipinski definition) is 0. The van der Waals surface area contributed by atoms with Gasteiger partial charge in [-0.05, 0) is 30.5 Å². The molecule has 1 aromatic rings. The number of carbonyl (C=O) groups is 1. The Morgan fingerprint density at radius 2 is 2.06 bits per heavy atom. The first-order chi connectivity index (χ1) is 7.63. The second kappa shape index (κ2) is 4.45. The van der Waals surface area contributed by atoms with Gasteiger partial charge in [0.1, 0.15) is 5.92 Å². The fraction of sp³-hybridized carbons (Fsp3) is 0.333. The van der Waals surface area contributed by atoms with Gasteiger partial charge in [-0.25, -0.2) is 0 Å². The number of Topliss-reactive ketones (excluding diaryl/α,β-unsaturated/α-hetero) is 1. The maximum Gasteiger partial charge on any atom is 0.157 e. The zero-order valence-electron chi connectivity index (χ0n) is 8.41. The van der Waals surface area contributed by atoms with Crippen LogP contribution in [0, 0.1) is 17.2 Å². The van der Waals surface area contributed by atoms with E-state index in [0.717, 1.165) is 12.8 Å². The Bertz CT molecular complexity index is 474. The lowest BCUT2D eigenvalue weighted by atomic mass is 9.94. The highest BCUT2D eigenvalue weighted by atomic mass is 35.5. The van der Waals surface area contributed by atoms with Crippen LogP contribution >= 0.6 is 23.2 Å². The van der Waals surface area contributed by atoms with E-state index in [-0.39, 0.29) is 11.7 Å². The van der Waals surface area contributed by atoms with Gasteiger partial charge in [0.2, 0.25) is 0 Å². The largest absolute Gasteiger partial charge is 0.298 e. The third kappa shape index (κ3) is 2.21. The van der Waals surface area contributed by atoms with Crippen LogP contribution in [-0.2, 0) is 4.79 Å². The highest BCUT2D eigenvalue weighted by Crippen LogP contribution is 2.36. The van der Waals surface area contributed by atoms with Gasteiger partial charge in [0.25, 0.3) is 0 Å². The summed E-state index contributed by atoms with van der Waals surface area (Å²) in [6.45, 7) is 0. The molecule has 0 saturated heterocycles. The number of benzene rings is 1. The summed E-state index contributed by atoms with van der Waals surface area (Å²) in [6, 6.07) is 6.93. The second-order valence-corrected chi connectivity index (χ2v) is 4.73. The number of carbonyl (C=O) groups excluding carboxylic acids is 1. The quantitative estimate of drug-likeness (QED) is 0.827. The van der Waals surface area contributed by atoms with Gasteiger partial charge in [-0.15, -0.1) is 0 Å². The van der Waals surface area contributed by atoms with Gasteiger partial charge in [0.05, 0.1) is 16.1 Å². The fourth-order valence-electron chi connectivity index (χ4n) is 1.60. The maximum atomic E-state index is 11.8. The summed E-state index contributed by atoms with van der Waals surface area (Å²) >= 11 is 11.6. The molecule has 1 aliphatic rings. The Balaban J connectivity index is 2.30. The summed E-state index contributed by atoms with van der Waals surface area (Å²) in [6.07, 6.45) is 1.80. The molecule has 82 valence electrons. The zero-order chi connectivity index (χ0) is 11.7. The molecule has 2 rings (SSSR count). The van der Waals surface area contributed by atoms with Crippen LogP contribution in [0.15, 0.2) is 18.2 Å². The van der Waals surface area contributed by atoms with Crippen molar-refractivity contribution in [3.8, 4) is 6.07 Å². The summed E-state index contributed by atoms with van der Waals surface area (Å²) in [5.41, 5.74) is 0.633. The molecule has 0 amide bonds. The van der Waals surface area contributed by atoms with Gasteiger partial charge in [-0.1, -0.05) is 29.3 Å². The summed E-state index contributed by atoms with van der Waals surface area (Å²) in [7, 11) is 0. The molecular weight excluding hydrogens is 245 g/mol. The van der Waals surface area contributed by atoms with E-state index >= 15 is 0 Å². The summed E-state index contributed by atoms with van der Waals surface area (Å²) in [5.74, 6) is -0.637. The first-order valence-electron chi connectivity index (χ1n) is 5.01. The molecule has 0 bridgehead atoms. The molecule has 1 fully saturated rings. The van der Waals surface area contributed by atoms with E-state index in [9.17, 15) is 4.79 Å². The molecule has 1 aromatic carbocycles. The van der Waals surface area contributed by atoms with Crippen molar-refractivity contribution in [2.75, 3.05) is 0 Å². The Kier molecular flexibility index (Phi) is 3.18. The van der Waals surface area contributed by atoms with E-state index in [2.05, 4.69) is 0 Å². The van der Waals surface area contributed by atoms with Crippen LogP contribution in [-0.4, -0.2) is 5.78 Å². The lowest BCUT2D eigenvalue weighted by Gasteiger charge is -2.08. The lowest BCUT2D eigenvalue weighted by molar-refractivity contribution is -0.120. The van der Waals surface area contributed by atoms with E-state index in [1.807, 2.05) is 6.07 Å². The molecule has 2 nitrogen and oxygen atoms in total. The van der Waals surface area contributed by atoms with Crippen molar-refractivity contribution in [3.05, 3.63) is 33.8 Å². The minimum absolute atomic E-state index is 0.000823. The molecule has 16 heavy (non-hydrogen) atoms. The van der Waals surface area contributed by atoms with Gasteiger partial charge < -0.3 is 0 Å². The van der Waals surface area contributed by atoms with E-state index in [4.69, 9.17) is 28.5 Å². The van der Waals surface area contributed by atoms with Crippen molar-refractivity contribution in [1.82, 2.24) is 0 Å². The highest BCUT2D eigenvalue weighted by Gasteiger charge is 2.35. The predicted molar refractivity (Wildman–Crippen MR) is 62.5 cm³/mol. The average Bonchev–Trinajstić information content (AvgIpc) is 3.07. The van der Waals surface area contributed by atoms with Crippen molar-refractivity contribution >= 4 is 29.0 Å². The van der Waals surface area contributed by atoms with Crippen molar-refractivity contribution in [2.24, 2.45) is 5.92 Å². The third-order valence-electron chi connectivity index (χ3n) is 2.67. The Hall–Kier alpha value is -1.04. The van der Waals surface area contributed by atoms with Crippen LogP contribution in [0.2, 0.25) is 10.0 Å². The van der Waals surface area contributed by atoms with Gasteiger partial charge in [-0.2, -0.15) is 5.26 Å². The molecule has 0 aliphatic heterocycles. The molecule has 1 atom stereocenters. The molecule has 4 heteroatoms. The fourth-order valence-corrected chi connectivity index (χ4v) is 1.90. The maximum absolute atomic E-state index is 11.8. The standard InChI is InChI=1S/C12H9Cl2NO/c13-10-4-3-8(5-11(10)14)9(6-15)12(16)7-1-2-7/h3-5,7,9H,1-2H2. The first-order valence-corrected chi connectivity index (χ1v) is 5.77. The molecule has 1 saturated carbocycles.